The van der Waals surface area contributed by atoms with E-state index < -0.39 is 23.6 Å². The van der Waals surface area contributed by atoms with Crippen LogP contribution in [0.4, 0.5) is 13.2 Å². The molecule has 1 aliphatic carbocycles. The summed E-state index contributed by atoms with van der Waals surface area (Å²) >= 11 is 0. The molecule has 0 unspecified atom stereocenters. The van der Waals surface area contributed by atoms with Gasteiger partial charge in [-0.25, -0.2) is 0 Å². The van der Waals surface area contributed by atoms with Gasteiger partial charge >= 0.3 is 6.18 Å². The number of nitrogens with zero attached hydrogens (tertiary/aromatic N) is 1. The predicted molar refractivity (Wildman–Crippen MR) is 183 cm³/mol. The van der Waals surface area contributed by atoms with Crippen LogP contribution in [0.15, 0.2) is 60.4 Å². The van der Waals surface area contributed by atoms with E-state index in [1.165, 1.54) is 77.9 Å². The van der Waals surface area contributed by atoms with Crippen LogP contribution < -0.4 is 0 Å². The summed E-state index contributed by atoms with van der Waals surface area (Å²) in [6.45, 7) is 19.1. The first-order chi connectivity index (χ1) is 21.3. The monoisotopic (exact) mass is 823 g/mol. The molecule has 4 aromatic rings. The van der Waals surface area contributed by atoms with Gasteiger partial charge in [-0.2, -0.15) is 13.2 Å². The number of ketones is 1. The fourth-order valence-corrected chi connectivity index (χ4v) is 6.33. The van der Waals surface area contributed by atoms with Gasteiger partial charge in [0.2, 0.25) is 5.76 Å². The first-order valence-corrected chi connectivity index (χ1v) is 16.2. The van der Waals surface area contributed by atoms with Crippen LogP contribution in [0.5, 0.6) is 0 Å². The van der Waals surface area contributed by atoms with Crippen molar-refractivity contribution in [3.63, 3.8) is 0 Å². The Labute approximate surface area is 291 Å². The molecule has 1 heterocycles. The molecule has 1 fully saturated rings. The Balaban J connectivity index is 0.000000397. The molecule has 0 bridgehead atoms. The van der Waals surface area contributed by atoms with Gasteiger partial charge in [-0.15, -0.1) is 29.1 Å². The SMILES string of the molecule is CC(C)C(=O)/C=C(\O)C(F)(F)F.Cc1cc(C)c2c(C3CCC(C)(C)CC3)cc(-c3[c-]c4ccccc4c(C(C)(C)C)c3)nc2c1.[Ir]. The number of halogens is 3. The van der Waals surface area contributed by atoms with E-state index in [0.717, 1.165) is 16.8 Å². The number of rotatable bonds is 4. The quantitative estimate of drug-likeness (QED) is 0.127. The minimum atomic E-state index is -4.83. The largest absolute Gasteiger partial charge is 0.504 e. The van der Waals surface area contributed by atoms with Gasteiger partial charge in [0.15, 0.2) is 5.78 Å². The van der Waals surface area contributed by atoms with Gasteiger partial charge in [0, 0.05) is 43.2 Å². The van der Waals surface area contributed by atoms with Crippen molar-refractivity contribution in [1.29, 1.82) is 0 Å². The second kappa shape index (κ2) is 14.6. The van der Waals surface area contributed by atoms with E-state index in [2.05, 4.69) is 103 Å². The van der Waals surface area contributed by atoms with Crippen molar-refractivity contribution in [1.82, 2.24) is 4.98 Å². The zero-order valence-corrected chi connectivity index (χ0v) is 31.3. The van der Waals surface area contributed by atoms with Gasteiger partial charge in [0.05, 0.1) is 5.52 Å². The second-order valence-corrected chi connectivity index (χ2v) is 15.0. The third kappa shape index (κ3) is 9.32. The molecule has 1 radical (unpaired) electrons. The number of aliphatic hydroxyl groups excluding tert-OH is 1. The number of hydrogen-bond acceptors (Lipinski definition) is 3. The van der Waals surface area contributed by atoms with Crippen LogP contribution >= 0.6 is 0 Å². The predicted octanol–water partition coefficient (Wildman–Crippen LogP) is 11.7. The van der Waals surface area contributed by atoms with E-state index in [1.54, 1.807) is 0 Å². The van der Waals surface area contributed by atoms with Crippen molar-refractivity contribution >= 4 is 27.5 Å². The number of aliphatic hydroxyl groups is 1. The number of alkyl halides is 3. The van der Waals surface area contributed by atoms with Crippen LogP contribution in [0.25, 0.3) is 32.9 Å². The molecule has 0 saturated heterocycles. The van der Waals surface area contributed by atoms with Crippen molar-refractivity contribution in [3.8, 4) is 11.3 Å². The minimum Gasteiger partial charge on any atom is -0.504 e. The molecule has 47 heavy (non-hydrogen) atoms. The summed E-state index contributed by atoms with van der Waals surface area (Å²) in [7, 11) is 0. The summed E-state index contributed by atoms with van der Waals surface area (Å²) in [4.78, 5) is 15.9. The smallest absolute Gasteiger partial charge is 0.448 e. The topological polar surface area (TPSA) is 50.2 Å². The Morgan fingerprint density at radius 3 is 2.21 bits per heavy atom. The summed E-state index contributed by atoms with van der Waals surface area (Å²) < 4.78 is 34.8. The van der Waals surface area contributed by atoms with Gasteiger partial charge in [-0.1, -0.05) is 89.7 Å². The van der Waals surface area contributed by atoms with Crippen molar-refractivity contribution in [3.05, 3.63) is 88.7 Å². The average Bonchev–Trinajstić information content (AvgIpc) is 2.95. The van der Waals surface area contributed by atoms with Crippen molar-refractivity contribution in [2.24, 2.45) is 11.3 Å². The van der Waals surface area contributed by atoms with Crippen LogP contribution in [-0.2, 0) is 30.3 Å². The van der Waals surface area contributed by atoms with Crippen LogP contribution in [0.2, 0.25) is 0 Å². The number of carbonyl (C=O) groups is 1. The maximum absolute atomic E-state index is 11.6. The van der Waals surface area contributed by atoms with E-state index in [0.29, 0.717) is 11.3 Å². The standard InChI is InChI=1S/C33H38N.C7H9F3O2.Ir/c1-21-16-22(2)31-27(23-12-14-33(6,7)15-13-23)20-29(34-30(31)17-21)25-18-24-10-8-9-11-26(24)28(19-25)32(3,4)5;1-4(2)5(11)3-6(12)7(8,9)10;/h8-11,16-17,19-20,23H,12-15H2,1-7H3;3-4,12H,1-2H3;/q-1;;/b;6-3-;. The van der Waals surface area contributed by atoms with Crippen molar-refractivity contribution in [2.75, 3.05) is 0 Å². The van der Waals surface area contributed by atoms with E-state index in [9.17, 15) is 18.0 Å². The minimum absolute atomic E-state index is 0. The Hall–Kier alpha value is -3.02. The molecule has 3 aromatic carbocycles. The Bertz CT molecular complexity index is 1770. The number of benzene rings is 3. The molecule has 255 valence electrons. The Morgan fingerprint density at radius 2 is 1.64 bits per heavy atom. The number of aromatic nitrogens is 1. The number of fused-ring (bicyclic) bond motifs is 2. The van der Waals surface area contributed by atoms with Crippen molar-refractivity contribution < 1.29 is 43.2 Å². The number of carbonyl (C=O) groups excluding carboxylic acids is 1. The normalized spacial score (nSPS) is 15.7. The Morgan fingerprint density at radius 1 is 1.02 bits per heavy atom. The third-order valence-corrected chi connectivity index (χ3v) is 9.06. The number of hydrogen-bond donors (Lipinski definition) is 1. The molecular weight excluding hydrogens is 776 g/mol. The van der Waals surface area contributed by atoms with Gasteiger partial charge in [-0.05, 0) is 79.0 Å². The van der Waals surface area contributed by atoms with Gasteiger partial charge in [-0.3, -0.25) is 9.78 Å². The zero-order chi connectivity index (χ0) is 34.2. The molecule has 7 heteroatoms. The molecule has 1 aliphatic rings. The fourth-order valence-electron chi connectivity index (χ4n) is 6.33. The van der Waals surface area contributed by atoms with Crippen LogP contribution in [-0.4, -0.2) is 22.1 Å². The molecule has 3 nitrogen and oxygen atoms in total. The third-order valence-electron chi connectivity index (χ3n) is 9.06. The fraction of sp³-hybridized carbons (Fsp3) is 0.450. The summed E-state index contributed by atoms with van der Waals surface area (Å²) in [5.41, 5.74) is 9.30. The maximum Gasteiger partial charge on any atom is 0.448 e. The summed E-state index contributed by atoms with van der Waals surface area (Å²) in [5, 5.41) is 12.2. The van der Waals surface area contributed by atoms with Crippen LogP contribution in [0.3, 0.4) is 0 Å². The van der Waals surface area contributed by atoms with Crippen LogP contribution in [0.1, 0.15) is 102 Å². The van der Waals surface area contributed by atoms with E-state index in [1.807, 2.05) is 0 Å². The van der Waals surface area contributed by atoms with E-state index in [-0.39, 0.29) is 31.6 Å². The molecule has 0 atom stereocenters. The molecular formula is C40H47F3IrNO2-. The summed E-state index contributed by atoms with van der Waals surface area (Å²) in [6.07, 6.45) is 0.465. The molecule has 1 N–H and O–H groups in total. The summed E-state index contributed by atoms with van der Waals surface area (Å²) in [5.74, 6) is -2.54. The first kappa shape index (κ1) is 38.4. The van der Waals surface area contributed by atoms with Crippen molar-refractivity contribution in [2.45, 2.75) is 106 Å². The zero-order valence-electron chi connectivity index (χ0n) is 28.9. The average molecular weight is 823 g/mol. The van der Waals surface area contributed by atoms with E-state index >= 15 is 0 Å². The molecule has 1 aromatic heterocycles. The van der Waals surface area contributed by atoms with E-state index in [4.69, 9.17) is 10.1 Å². The van der Waals surface area contributed by atoms with Gasteiger partial charge in [0.25, 0.3) is 0 Å². The van der Waals surface area contributed by atoms with Crippen LogP contribution in [0, 0.1) is 31.2 Å². The number of aryl methyl sites for hydroxylation is 2. The number of pyridine rings is 1. The molecule has 0 amide bonds. The Kier molecular flexibility index (Phi) is 12.0. The molecule has 0 aliphatic heterocycles. The first-order valence-electron chi connectivity index (χ1n) is 16.2. The molecule has 5 rings (SSSR count). The maximum atomic E-state index is 11.6. The van der Waals surface area contributed by atoms with Gasteiger partial charge in [0.1, 0.15) is 0 Å². The van der Waals surface area contributed by atoms with Gasteiger partial charge < -0.3 is 5.11 Å². The summed E-state index contributed by atoms with van der Waals surface area (Å²) in [6, 6.07) is 21.7. The molecule has 0 spiro atoms. The molecule has 1 saturated carbocycles. The second-order valence-electron chi connectivity index (χ2n) is 15.0. The number of allylic oxidation sites excluding steroid dienone is 2.